The molecule has 0 aromatic rings. The molecule has 0 unspecified atom stereocenters. The van der Waals surface area contributed by atoms with E-state index in [2.05, 4.69) is 20.6 Å². The number of rotatable bonds is 10. The third kappa shape index (κ3) is 9.15. The molecular formula is C35H44Cl2CoN4O4. The van der Waals surface area contributed by atoms with Gasteiger partial charge in [0, 0.05) is 11.1 Å². The minimum Gasteiger partial charge on any atom is -0.623 e. The predicted octanol–water partition coefficient (Wildman–Crippen LogP) is 9.42. The Hall–Kier alpha value is -2.85. The van der Waals surface area contributed by atoms with Gasteiger partial charge >= 0.3 is 16.8 Å². The van der Waals surface area contributed by atoms with Crippen LogP contribution in [0.2, 0.25) is 0 Å². The minimum atomic E-state index is -0.150. The number of carbonyl (C=O) groups is 4. The van der Waals surface area contributed by atoms with E-state index in [1.165, 1.54) is 0 Å². The van der Waals surface area contributed by atoms with E-state index in [0.717, 1.165) is 70.3 Å². The van der Waals surface area contributed by atoms with Gasteiger partial charge in [0.05, 0.1) is 28.6 Å². The van der Waals surface area contributed by atoms with Crippen LogP contribution in [-0.4, -0.2) is 40.4 Å². The zero-order chi connectivity index (χ0) is 33.8. The molecule has 1 radical (unpaired) electrons. The van der Waals surface area contributed by atoms with Gasteiger partial charge in [-0.3, -0.25) is 9.59 Å². The molecule has 0 aromatic heterocycles. The number of nitrogens with zero attached hydrogens (tertiary/aromatic N) is 4. The van der Waals surface area contributed by atoms with Crippen LogP contribution in [0.3, 0.4) is 0 Å². The Labute approximate surface area is 293 Å². The summed E-state index contributed by atoms with van der Waals surface area (Å²) in [7, 11) is 0. The molecule has 0 bridgehead atoms. The zero-order valence-corrected chi connectivity index (χ0v) is 30.6. The van der Waals surface area contributed by atoms with E-state index in [4.69, 9.17) is 23.2 Å². The summed E-state index contributed by atoms with van der Waals surface area (Å²) < 4.78 is 0. The smallest absolute Gasteiger partial charge is 0.623 e. The zero-order valence-electron chi connectivity index (χ0n) is 28.0. The Morgan fingerprint density at radius 2 is 0.739 bits per heavy atom. The van der Waals surface area contributed by atoms with Gasteiger partial charge in [-0.2, -0.15) is 0 Å². The van der Waals surface area contributed by atoms with E-state index in [-0.39, 0.29) is 45.7 Å². The standard InChI is InChI=1S/2C17H22N2O2.CH2Cl2.Co/c2*1-5-10-12(7-3)16(20)18-14(10)9-15-11(6-2)13(8-4)17(21)19-15;2-1-3;/h2*9H,5-8H2,1-4H3,(H,18,19,20,21);1H2;/q;;;+2/p-2. The molecule has 4 amide bonds. The predicted molar refractivity (Wildman–Crippen MR) is 185 cm³/mol. The van der Waals surface area contributed by atoms with Crippen molar-refractivity contribution >= 4 is 58.3 Å². The van der Waals surface area contributed by atoms with Gasteiger partial charge < -0.3 is 20.2 Å². The second kappa shape index (κ2) is 19.7. The summed E-state index contributed by atoms with van der Waals surface area (Å²) in [4.78, 5) is 55.9. The number of amides is 4. The van der Waals surface area contributed by atoms with E-state index in [9.17, 15) is 19.2 Å². The molecule has 0 N–H and O–H groups in total. The molecule has 4 aliphatic heterocycles. The summed E-state index contributed by atoms with van der Waals surface area (Å²) in [6.07, 6.45) is 9.40. The molecule has 8 nitrogen and oxygen atoms in total. The van der Waals surface area contributed by atoms with Crippen molar-refractivity contribution in [2.24, 2.45) is 9.98 Å². The van der Waals surface area contributed by atoms with Gasteiger partial charge in [0.15, 0.2) is 0 Å². The first-order chi connectivity index (χ1) is 21.5. The van der Waals surface area contributed by atoms with E-state index in [1.54, 1.807) is 12.2 Å². The van der Waals surface area contributed by atoms with Crippen molar-refractivity contribution < 1.29 is 36.0 Å². The summed E-state index contributed by atoms with van der Waals surface area (Å²) in [5.74, 6) is -0.599. The summed E-state index contributed by atoms with van der Waals surface area (Å²) in [6.45, 7) is 15.9. The average molecular weight is 715 g/mol. The maximum atomic E-state index is 11.9. The van der Waals surface area contributed by atoms with E-state index >= 15 is 0 Å². The fraction of sp³-hybridized carbons (Fsp3) is 0.486. The van der Waals surface area contributed by atoms with Crippen molar-refractivity contribution in [3.63, 3.8) is 0 Å². The number of hydrogen-bond acceptors (Lipinski definition) is 4. The fourth-order valence-corrected chi connectivity index (χ4v) is 5.89. The van der Waals surface area contributed by atoms with Crippen molar-refractivity contribution in [3.8, 4) is 0 Å². The second-order valence-corrected chi connectivity index (χ2v) is 11.1. The van der Waals surface area contributed by atoms with Gasteiger partial charge in [0.2, 0.25) is 0 Å². The average Bonchev–Trinajstić information content (AvgIpc) is 3.71. The van der Waals surface area contributed by atoms with Crippen LogP contribution in [0.25, 0.3) is 10.6 Å². The number of carbonyl (C=O) groups excluding carboxylic acids is 4. The van der Waals surface area contributed by atoms with Crippen LogP contribution in [0.5, 0.6) is 0 Å². The molecule has 4 aliphatic rings. The van der Waals surface area contributed by atoms with Crippen LogP contribution in [0.15, 0.2) is 78.1 Å². The number of aliphatic imine (C=N–C) groups is 2. The first-order valence-electron chi connectivity index (χ1n) is 15.8. The summed E-state index contributed by atoms with van der Waals surface area (Å²) >= 11 is 9.53. The Bertz CT molecular complexity index is 1380. The molecule has 4 rings (SSSR count). The molecule has 0 saturated carbocycles. The third-order valence-corrected chi connectivity index (χ3v) is 7.99. The summed E-state index contributed by atoms with van der Waals surface area (Å²) in [5.41, 5.74) is 9.77. The molecule has 0 aromatic carbocycles. The molecule has 0 saturated heterocycles. The van der Waals surface area contributed by atoms with Crippen molar-refractivity contribution in [2.45, 2.75) is 107 Å². The molecule has 0 aliphatic carbocycles. The Morgan fingerprint density at radius 1 is 0.478 bits per heavy atom. The third-order valence-electron chi connectivity index (χ3n) is 7.99. The normalized spacial score (nSPS) is 19.3. The van der Waals surface area contributed by atoms with Gasteiger partial charge in [-0.05, 0) is 73.7 Å². The first kappa shape index (κ1) is 41.2. The largest absolute Gasteiger partial charge is 2.00 e. The molecule has 46 heavy (non-hydrogen) atoms. The summed E-state index contributed by atoms with van der Waals surface area (Å²) in [5, 5.41) is 8.46. The van der Waals surface area contributed by atoms with Crippen LogP contribution < -0.4 is 0 Å². The topological polar surface area (TPSA) is 121 Å². The van der Waals surface area contributed by atoms with E-state index < -0.39 is 0 Å². The molecule has 11 heteroatoms. The Balaban J connectivity index is 0.000000415. The molecule has 0 atom stereocenters. The Morgan fingerprint density at radius 3 is 0.978 bits per heavy atom. The van der Waals surface area contributed by atoms with Gasteiger partial charge in [0.1, 0.15) is 0 Å². The van der Waals surface area contributed by atoms with Crippen molar-refractivity contribution in [2.75, 3.05) is 5.34 Å². The van der Waals surface area contributed by atoms with Gasteiger partial charge in [-0.25, -0.2) is 9.98 Å². The molecule has 251 valence electrons. The van der Waals surface area contributed by atoms with Crippen LogP contribution in [0.4, 0.5) is 0 Å². The number of halogens is 2. The quantitative estimate of drug-likeness (QED) is 0.209. The van der Waals surface area contributed by atoms with Crippen LogP contribution in [0, 0.1) is 0 Å². The maximum absolute atomic E-state index is 11.9. The maximum Gasteiger partial charge on any atom is 2.00 e. The molecule has 0 spiro atoms. The Kier molecular flexibility index (Phi) is 17.7. The molecular weight excluding hydrogens is 670 g/mol. The second-order valence-electron chi connectivity index (χ2n) is 10.3. The van der Waals surface area contributed by atoms with Gasteiger partial charge in [-0.1, -0.05) is 78.7 Å². The van der Waals surface area contributed by atoms with E-state index in [1.807, 2.05) is 55.4 Å². The van der Waals surface area contributed by atoms with Crippen LogP contribution >= 0.6 is 23.2 Å². The monoisotopic (exact) mass is 713 g/mol. The first-order valence-corrected chi connectivity index (χ1v) is 16.8. The van der Waals surface area contributed by atoms with Crippen molar-refractivity contribution in [1.29, 1.82) is 0 Å². The minimum absolute atomic E-state index is 0. The van der Waals surface area contributed by atoms with Gasteiger partial charge in [0.25, 0.3) is 11.8 Å². The SMILES string of the molecule is CCC1=C(CC)C(/C=C2\[N-]C(=O)C(CC)=C2CC)=NC1=O.CCC1=C(CC)C(/C=C2\[N-]C(=O)C(CC)=C2CC)=NC1=O.ClCCl.[Co+2]. The fourth-order valence-electron chi connectivity index (χ4n) is 5.89. The number of hydrogen-bond donors (Lipinski definition) is 0. The summed E-state index contributed by atoms with van der Waals surface area (Å²) in [6, 6.07) is 0. The van der Waals surface area contributed by atoms with Gasteiger partial charge in [-0.15, -0.1) is 34.6 Å². The number of alkyl halides is 2. The molecule has 0 fully saturated rings. The van der Waals surface area contributed by atoms with E-state index in [0.29, 0.717) is 48.5 Å². The molecule has 4 heterocycles. The number of allylic oxidation sites excluding steroid dienone is 6. The van der Waals surface area contributed by atoms with Crippen molar-refractivity contribution in [3.05, 3.63) is 78.8 Å². The van der Waals surface area contributed by atoms with Crippen LogP contribution in [0.1, 0.15) is 107 Å². The van der Waals surface area contributed by atoms with Crippen molar-refractivity contribution in [1.82, 2.24) is 0 Å². The van der Waals surface area contributed by atoms with Crippen LogP contribution in [-0.2, 0) is 36.0 Å².